The maximum atomic E-state index is 11.1. The predicted octanol–water partition coefficient (Wildman–Crippen LogP) is 2.24. The van der Waals surface area contributed by atoms with Crippen LogP contribution in [0.1, 0.15) is 46.0 Å². The Balaban J connectivity index is 3.10. The Morgan fingerprint density at radius 1 is 1.06 bits per heavy atom. The summed E-state index contributed by atoms with van der Waals surface area (Å²) in [7, 11) is 0. The number of hydrogen-bond acceptors (Lipinski definition) is 2. The molecule has 0 aromatic rings. The topological polar surface area (TPSA) is 41.1 Å². The lowest BCUT2D eigenvalue weighted by molar-refractivity contribution is -0.117. The van der Waals surface area contributed by atoms with Crippen molar-refractivity contribution >= 4 is 5.91 Å². The van der Waals surface area contributed by atoms with E-state index in [0.29, 0.717) is 5.57 Å². The molecular weight excluding hydrogens is 200 g/mol. The zero-order valence-electron chi connectivity index (χ0n) is 10.8. The van der Waals surface area contributed by atoms with E-state index in [0.717, 1.165) is 26.1 Å². The Bertz CT molecular complexity index is 202. The van der Waals surface area contributed by atoms with E-state index in [2.05, 4.69) is 24.1 Å². The maximum absolute atomic E-state index is 11.1. The second-order valence-electron chi connectivity index (χ2n) is 4.20. The van der Waals surface area contributed by atoms with Gasteiger partial charge in [-0.05, 0) is 39.3 Å². The highest BCUT2D eigenvalue weighted by molar-refractivity contribution is 5.91. The molecule has 2 N–H and O–H groups in total. The first-order chi connectivity index (χ1) is 7.68. The van der Waals surface area contributed by atoms with Gasteiger partial charge in [0, 0.05) is 12.1 Å². The molecule has 0 aliphatic carbocycles. The van der Waals surface area contributed by atoms with Gasteiger partial charge in [0.1, 0.15) is 0 Å². The largest absolute Gasteiger partial charge is 0.352 e. The zero-order chi connectivity index (χ0) is 12.2. The van der Waals surface area contributed by atoms with Crippen LogP contribution in [0.2, 0.25) is 0 Å². The summed E-state index contributed by atoms with van der Waals surface area (Å²) in [6.45, 7) is 10.5. The van der Waals surface area contributed by atoms with Crippen molar-refractivity contribution in [2.24, 2.45) is 0 Å². The van der Waals surface area contributed by atoms with Crippen molar-refractivity contribution in [2.45, 2.75) is 46.0 Å². The average Bonchev–Trinajstić information content (AvgIpc) is 2.26. The van der Waals surface area contributed by atoms with Gasteiger partial charge < -0.3 is 10.6 Å². The SMILES string of the molecule is C=C(C)C(=O)NCCCCCCNCCC. The Hall–Kier alpha value is -0.830. The molecule has 0 saturated carbocycles. The molecule has 0 bridgehead atoms. The monoisotopic (exact) mass is 226 g/mol. The first-order valence-electron chi connectivity index (χ1n) is 6.33. The van der Waals surface area contributed by atoms with Gasteiger partial charge in [-0.2, -0.15) is 0 Å². The lowest BCUT2D eigenvalue weighted by Gasteiger charge is -2.05. The van der Waals surface area contributed by atoms with Crippen molar-refractivity contribution in [3.05, 3.63) is 12.2 Å². The van der Waals surface area contributed by atoms with Crippen LogP contribution in [0.25, 0.3) is 0 Å². The number of rotatable bonds is 10. The second-order valence-corrected chi connectivity index (χ2v) is 4.20. The summed E-state index contributed by atoms with van der Waals surface area (Å²) in [5.74, 6) is -0.0235. The molecule has 0 rings (SSSR count). The number of unbranched alkanes of at least 4 members (excludes halogenated alkanes) is 3. The number of amides is 1. The van der Waals surface area contributed by atoms with Gasteiger partial charge in [-0.1, -0.05) is 26.3 Å². The Morgan fingerprint density at radius 3 is 2.25 bits per heavy atom. The number of carbonyl (C=O) groups is 1. The van der Waals surface area contributed by atoms with Crippen LogP contribution in [0.15, 0.2) is 12.2 Å². The maximum Gasteiger partial charge on any atom is 0.246 e. The quantitative estimate of drug-likeness (QED) is 0.443. The van der Waals surface area contributed by atoms with Gasteiger partial charge in [0.25, 0.3) is 0 Å². The van der Waals surface area contributed by atoms with Gasteiger partial charge in [-0.15, -0.1) is 0 Å². The molecule has 3 nitrogen and oxygen atoms in total. The molecule has 1 amide bonds. The fourth-order valence-electron chi connectivity index (χ4n) is 1.38. The van der Waals surface area contributed by atoms with Crippen molar-refractivity contribution in [1.82, 2.24) is 10.6 Å². The molecule has 0 aromatic carbocycles. The van der Waals surface area contributed by atoms with E-state index in [9.17, 15) is 4.79 Å². The molecule has 0 unspecified atom stereocenters. The van der Waals surface area contributed by atoms with Crippen LogP contribution in [0.3, 0.4) is 0 Å². The molecule has 0 aliphatic heterocycles. The fraction of sp³-hybridized carbons (Fsp3) is 0.769. The normalized spacial score (nSPS) is 10.1. The number of nitrogens with one attached hydrogen (secondary N) is 2. The molecule has 0 spiro atoms. The third-order valence-electron chi connectivity index (χ3n) is 2.38. The van der Waals surface area contributed by atoms with Gasteiger partial charge in [0.15, 0.2) is 0 Å². The molecule has 16 heavy (non-hydrogen) atoms. The van der Waals surface area contributed by atoms with E-state index in [4.69, 9.17) is 0 Å². The summed E-state index contributed by atoms with van der Waals surface area (Å²) in [4.78, 5) is 11.1. The fourth-order valence-corrected chi connectivity index (χ4v) is 1.38. The predicted molar refractivity (Wildman–Crippen MR) is 69.5 cm³/mol. The van der Waals surface area contributed by atoms with E-state index in [1.807, 2.05) is 0 Å². The van der Waals surface area contributed by atoms with Crippen molar-refractivity contribution < 1.29 is 4.79 Å². The van der Waals surface area contributed by atoms with Gasteiger partial charge >= 0.3 is 0 Å². The summed E-state index contributed by atoms with van der Waals surface area (Å²) in [6, 6.07) is 0. The summed E-state index contributed by atoms with van der Waals surface area (Å²) in [5, 5.41) is 6.22. The van der Waals surface area contributed by atoms with Crippen molar-refractivity contribution in [3.8, 4) is 0 Å². The van der Waals surface area contributed by atoms with Crippen LogP contribution in [0.5, 0.6) is 0 Å². The molecule has 0 aliphatic rings. The summed E-state index contributed by atoms with van der Waals surface area (Å²) in [6.07, 6.45) is 5.91. The van der Waals surface area contributed by atoms with Crippen LogP contribution in [-0.2, 0) is 4.79 Å². The highest BCUT2D eigenvalue weighted by Crippen LogP contribution is 1.98. The molecule has 0 saturated heterocycles. The van der Waals surface area contributed by atoms with Crippen LogP contribution < -0.4 is 10.6 Å². The first-order valence-corrected chi connectivity index (χ1v) is 6.33. The Labute approximate surface area is 99.7 Å². The van der Waals surface area contributed by atoms with E-state index in [-0.39, 0.29) is 5.91 Å². The van der Waals surface area contributed by atoms with Gasteiger partial charge in [0.2, 0.25) is 5.91 Å². The Kier molecular flexibility index (Phi) is 10.1. The van der Waals surface area contributed by atoms with Crippen molar-refractivity contribution in [1.29, 1.82) is 0 Å². The Morgan fingerprint density at radius 2 is 1.69 bits per heavy atom. The van der Waals surface area contributed by atoms with Gasteiger partial charge in [0.05, 0.1) is 0 Å². The summed E-state index contributed by atoms with van der Waals surface area (Å²) >= 11 is 0. The van der Waals surface area contributed by atoms with E-state index in [1.54, 1.807) is 6.92 Å². The number of carbonyl (C=O) groups excluding carboxylic acids is 1. The van der Waals surface area contributed by atoms with E-state index >= 15 is 0 Å². The molecule has 94 valence electrons. The minimum atomic E-state index is -0.0235. The van der Waals surface area contributed by atoms with Crippen LogP contribution in [0.4, 0.5) is 0 Å². The highest BCUT2D eigenvalue weighted by atomic mass is 16.1. The number of hydrogen-bond donors (Lipinski definition) is 2. The smallest absolute Gasteiger partial charge is 0.246 e. The molecule has 0 heterocycles. The zero-order valence-corrected chi connectivity index (χ0v) is 10.8. The lowest BCUT2D eigenvalue weighted by Crippen LogP contribution is -2.24. The first kappa shape index (κ1) is 15.2. The molecule has 0 radical (unpaired) electrons. The molecule has 0 fully saturated rings. The van der Waals surface area contributed by atoms with Crippen LogP contribution >= 0.6 is 0 Å². The van der Waals surface area contributed by atoms with E-state index < -0.39 is 0 Å². The van der Waals surface area contributed by atoms with Crippen molar-refractivity contribution in [2.75, 3.05) is 19.6 Å². The minimum absolute atomic E-state index is 0.0235. The summed E-state index contributed by atoms with van der Waals surface area (Å²) < 4.78 is 0. The third-order valence-corrected chi connectivity index (χ3v) is 2.38. The molecular formula is C13H26N2O. The lowest BCUT2D eigenvalue weighted by atomic mass is 10.2. The van der Waals surface area contributed by atoms with E-state index in [1.165, 1.54) is 25.7 Å². The summed E-state index contributed by atoms with van der Waals surface area (Å²) in [5.41, 5.74) is 0.587. The standard InChI is InChI=1S/C13H26N2O/c1-4-9-14-10-7-5-6-8-11-15-13(16)12(2)3/h14H,2,4-11H2,1,3H3,(H,15,16). The third kappa shape index (κ3) is 9.71. The average molecular weight is 226 g/mol. The molecule has 0 aromatic heterocycles. The van der Waals surface area contributed by atoms with Gasteiger partial charge in [-0.3, -0.25) is 4.79 Å². The van der Waals surface area contributed by atoms with Crippen LogP contribution in [0, 0.1) is 0 Å². The molecule has 3 heteroatoms. The van der Waals surface area contributed by atoms with Crippen molar-refractivity contribution in [3.63, 3.8) is 0 Å². The highest BCUT2D eigenvalue weighted by Gasteiger charge is 1.98. The minimum Gasteiger partial charge on any atom is -0.352 e. The second kappa shape index (κ2) is 10.7. The molecule has 0 atom stereocenters. The van der Waals surface area contributed by atoms with Gasteiger partial charge in [-0.25, -0.2) is 0 Å². The van der Waals surface area contributed by atoms with Crippen LogP contribution in [-0.4, -0.2) is 25.5 Å².